The molecular formula is C22H24BrNO3. The van der Waals surface area contributed by atoms with Crippen molar-refractivity contribution in [2.45, 2.75) is 32.2 Å². The van der Waals surface area contributed by atoms with Crippen molar-refractivity contribution in [1.82, 2.24) is 4.90 Å². The fraction of sp³-hybridized carbons (Fsp3) is 0.364. The number of rotatable bonds is 4. The number of methoxy groups -OCH3 is 1. The number of hydrogen-bond donors (Lipinski definition) is 0. The van der Waals surface area contributed by atoms with Gasteiger partial charge in [-0.25, -0.2) is 0 Å². The Morgan fingerprint density at radius 3 is 2.48 bits per heavy atom. The third-order valence-electron chi connectivity index (χ3n) is 5.33. The van der Waals surface area contributed by atoms with Crippen LogP contribution in [0.5, 0.6) is 0 Å². The predicted octanol–water partition coefficient (Wildman–Crippen LogP) is 4.62. The maximum absolute atomic E-state index is 13.0. The fourth-order valence-corrected chi connectivity index (χ4v) is 4.43. The van der Waals surface area contributed by atoms with Gasteiger partial charge in [-0.1, -0.05) is 57.9 Å². The van der Waals surface area contributed by atoms with E-state index in [0.29, 0.717) is 13.0 Å². The molecule has 0 bridgehead atoms. The van der Waals surface area contributed by atoms with Crippen molar-refractivity contribution < 1.29 is 14.3 Å². The number of carbonyl (C=O) groups excluding carboxylic acids is 2. The third-order valence-corrected chi connectivity index (χ3v) is 5.83. The van der Waals surface area contributed by atoms with E-state index in [1.807, 2.05) is 62.4 Å². The van der Waals surface area contributed by atoms with E-state index in [4.69, 9.17) is 4.74 Å². The van der Waals surface area contributed by atoms with E-state index in [2.05, 4.69) is 15.9 Å². The van der Waals surface area contributed by atoms with Crippen LogP contribution in [0.2, 0.25) is 0 Å². The van der Waals surface area contributed by atoms with Gasteiger partial charge < -0.3 is 9.64 Å². The van der Waals surface area contributed by atoms with Crippen LogP contribution in [0.15, 0.2) is 53.0 Å². The minimum Gasteiger partial charge on any atom is -0.469 e. The molecule has 1 heterocycles. The van der Waals surface area contributed by atoms with Crippen molar-refractivity contribution >= 4 is 27.8 Å². The van der Waals surface area contributed by atoms with Crippen LogP contribution >= 0.6 is 15.9 Å². The molecule has 2 aromatic carbocycles. The van der Waals surface area contributed by atoms with Crippen molar-refractivity contribution in [2.24, 2.45) is 5.92 Å². The average molecular weight is 430 g/mol. The molecule has 1 amide bonds. The maximum Gasteiger partial charge on any atom is 0.311 e. The normalized spacial score (nSPS) is 22.6. The Bertz CT molecular complexity index is 834. The largest absolute Gasteiger partial charge is 0.469 e. The minimum atomic E-state index is -0.454. The lowest BCUT2D eigenvalue weighted by molar-refractivity contribution is -0.156. The summed E-state index contributed by atoms with van der Waals surface area (Å²) in [5.41, 5.74) is 3.08. The summed E-state index contributed by atoms with van der Waals surface area (Å²) in [4.78, 5) is 27.7. The monoisotopic (exact) mass is 429 g/mol. The number of hydrogen-bond acceptors (Lipinski definition) is 3. The number of carbonyl (C=O) groups is 2. The topological polar surface area (TPSA) is 46.6 Å². The Hall–Kier alpha value is -2.14. The molecule has 27 heavy (non-hydrogen) atoms. The van der Waals surface area contributed by atoms with Gasteiger partial charge in [0.05, 0.1) is 19.1 Å². The molecule has 3 rings (SSSR count). The molecule has 0 unspecified atom stereocenters. The Labute approximate surface area is 168 Å². The molecular weight excluding hydrogens is 406 g/mol. The van der Waals surface area contributed by atoms with E-state index >= 15 is 0 Å². The van der Waals surface area contributed by atoms with E-state index in [1.165, 1.54) is 7.11 Å². The second kappa shape index (κ2) is 8.26. The molecule has 1 aliphatic heterocycles. The van der Waals surface area contributed by atoms with Gasteiger partial charge in [0.15, 0.2) is 0 Å². The summed E-state index contributed by atoms with van der Waals surface area (Å²) in [7, 11) is 1.42. The lowest BCUT2D eigenvalue weighted by atomic mass is 9.73. The van der Waals surface area contributed by atoms with Crippen LogP contribution in [0.25, 0.3) is 0 Å². The summed E-state index contributed by atoms with van der Waals surface area (Å²) < 4.78 is 6.12. The molecule has 2 aromatic rings. The molecule has 1 fully saturated rings. The molecule has 5 heteroatoms. The van der Waals surface area contributed by atoms with Crippen molar-refractivity contribution in [3.63, 3.8) is 0 Å². The van der Waals surface area contributed by atoms with Crippen LogP contribution < -0.4 is 0 Å². The summed E-state index contributed by atoms with van der Waals surface area (Å²) in [6, 6.07) is 15.6. The van der Waals surface area contributed by atoms with Gasteiger partial charge in [-0.15, -0.1) is 0 Å². The highest BCUT2D eigenvalue weighted by molar-refractivity contribution is 9.10. The molecule has 0 spiro atoms. The zero-order valence-corrected chi connectivity index (χ0v) is 17.4. The number of halogens is 1. The first-order chi connectivity index (χ1) is 13.0. The average Bonchev–Trinajstić information content (AvgIpc) is 2.67. The SMILES string of the molecule is CCN1C(=O)C[C@H](c2cccc(Br)c2)[C@H](C(=O)OC)[C@H]1c1ccc(C)cc1. The molecule has 0 aliphatic carbocycles. The zero-order chi connectivity index (χ0) is 19.6. The van der Waals surface area contributed by atoms with Crippen LogP contribution in [0.3, 0.4) is 0 Å². The third kappa shape index (κ3) is 3.93. The number of amides is 1. The van der Waals surface area contributed by atoms with Gasteiger partial charge in [0.1, 0.15) is 0 Å². The smallest absolute Gasteiger partial charge is 0.311 e. The van der Waals surface area contributed by atoms with Gasteiger partial charge in [0.2, 0.25) is 5.91 Å². The first-order valence-electron chi connectivity index (χ1n) is 9.15. The van der Waals surface area contributed by atoms with Crippen LogP contribution in [-0.4, -0.2) is 30.4 Å². The van der Waals surface area contributed by atoms with Gasteiger partial charge in [0.25, 0.3) is 0 Å². The lowest BCUT2D eigenvalue weighted by Crippen LogP contribution is -2.48. The number of nitrogens with zero attached hydrogens (tertiary/aromatic N) is 1. The highest BCUT2D eigenvalue weighted by Crippen LogP contribution is 2.45. The molecule has 1 aliphatic rings. The Morgan fingerprint density at radius 2 is 1.89 bits per heavy atom. The molecule has 4 nitrogen and oxygen atoms in total. The molecule has 142 valence electrons. The number of esters is 1. The Balaban J connectivity index is 2.13. The summed E-state index contributed by atoms with van der Waals surface area (Å²) in [6.45, 7) is 4.53. The fourth-order valence-electron chi connectivity index (χ4n) is 4.02. The predicted molar refractivity (Wildman–Crippen MR) is 108 cm³/mol. The first-order valence-corrected chi connectivity index (χ1v) is 9.94. The van der Waals surface area contributed by atoms with Crippen LogP contribution in [-0.2, 0) is 14.3 Å². The quantitative estimate of drug-likeness (QED) is 0.665. The van der Waals surface area contributed by atoms with Crippen LogP contribution in [0.4, 0.5) is 0 Å². The highest BCUT2D eigenvalue weighted by Gasteiger charge is 2.47. The summed E-state index contributed by atoms with van der Waals surface area (Å²) in [5, 5.41) is 0. The van der Waals surface area contributed by atoms with E-state index < -0.39 is 5.92 Å². The molecule has 3 atom stereocenters. The molecule has 0 aromatic heterocycles. The van der Waals surface area contributed by atoms with Crippen LogP contribution in [0, 0.1) is 12.8 Å². The van der Waals surface area contributed by atoms with Crippen LogP contribution in [0.1, 0.15) is 42.0 Å². The number of aryl methyl sites for hydroxylation is 1. The van der Waals surface area contributed by atoms with Gasteiger partial charge in [0, 0.05) is 23.4 Å². The molecule has 1 saturated heterocycles. The van der Waals surface area contributed by atoms with Gasteiger partial charge in [-0.3, -0.25) is 9.59 Å². The number of ether oxygens (including phenoxy) is 1. The first kappa shape index (κ1) is 19.6. The van der Waals surface area contributed by atoms with E-state index in [-0.39, 0.29) is 23.8 Å². The number of benzene rings is 2. The van der Waals surface area contributed by atoms with Gasteiger partial charge in [-0.05, 0) is 37.1 Å². The van der Waals surface area contributed by atoms with Crippen molar-refractivity contribution in [3.8, 4) is 0 Å². The van der Waals surface area contributed by atoms with Crippen molar-refractivity contribution in [3.05, 3.63) is 69.7 Å². The maximum atomic E-state index is 13.0. The standard InChI is InChI=1S/C22H24BrNO3/c1-4-24-19(25)13-18(16-6-5-7-17(23)12-16)20(22(26)27-3)21(24)15-10-8-14(2)9-11-15/h5-12,18,20-21H,4,13H2,1-3H3/t18-,20+,21-/m1/s1. The second-order valence-corrected chi connectivity index (χ2v) is 7.87. The highest BCUT2D eigenvalue weighted by atomic mass is 79.9. The van der Waals surface area contributed by atoms with E-state index in [1.54, 1.807) is 4.90 Å². The second-order valence-electron chi connectivity index (χ2n) is 6.95. The summed E-state index contributed by atoms with van der Waals surface area (Å²) in [5.74, 6) is -0.897. The molecule has 0 saturated carbocycles. The number of piperidine rings is 1. The summed E-state index contributed by atoms with van der Waals surface area (Å²) in [6.07, 6.45) is 0.298. The lowest BCUT2D eigenvalue weighted by Gasteiger charge is -2.44. The summed E-state index contributed by atoms with van der Waals surface area (Å²) >= 11 is 3.50. The molecule has 0 N–H and O–H groups in total. The van der Waals surface area contributed by atoms with E-state index in [0.717, 1.165) is 21.2 Å². The van der Waals surface area contributed by atoms with E-state index in [9.17, 15) is 9.59 Å². The van der Waals surface area contributed by atoms with Gasteiger partial charge in [-0.2, -0.15) is 0 Å². The molecule has 0 radical (unpaired) electrons. The van der Waals surface area contributed by atoms with Gasteiger partial charge >= 0.3 is 5.97 Å². The van der Waals surface area contributed by atoms with Crippen molar-refractivity contribution in [2.75, 3.05) is 13.7 Å². The minimum absolute atomic E-state index is 0.0632. The Kier molecular flexibility index (Phi) is 6.00. The Morgan fingerprint density at radius 1 is 1.19 bits per heavy atom. The zero-order valence-electron chi connectivity index (χ0n) is 15.8. The van der Waals surface area contributed by atoms with Crippen molar-refractivity contribution in [1.29, 1.82) is 0 Å². The number of likely N-dealkylation sites (tertiary alicyclic amines) is 1.